The smallest absolute Gasteiger partial charge is 0.128 e. The van der Waals surface area contributed by atoms with Gasteiger partial charge in [-0.05, 0) is 31.0 Å². The lowest BCUT2D eigenvalue weighted by atomic mass is 9.94. The first-order chi connectivity index (χ1) is 9.36. The van der Waals surface area contributed by atoms with E-state index >= 15 is 0 Å². The van der Waals surface area contributed by atoms with Crippen LogP contribution in [0.3, 0.4) is 0 Å². The fraction of sp³-hybridized carbons (Fsp3) is 0.357. The van der Waals surface area contributed by atoms with Gasteiger partial charge in [0.15, 0.2) is 0 Å². The van der Waals surface area contributed by atoms with Crippen LogP contribution in [0.1, 0.15) is 30.0 Å². The molecule has 0 saturated carbocycles. The molecule has 0 atom stereocenters. The van der Waals surface area contributed by atoms with Crippen LogP contribution in [0.25, 0.3) is 0 Å². The Balaban J connectivity index is 1.65. The fourth-order valence-corrected chi connectivity index (χ4v) is 2.55. The number of H-pyrrole nitrogens is 1. The molecule has 3 heterocycles. The molecule has 0 aromatic carbocycles. The van der Waals surface area contributed by atoms with Crippen LogP contribution in [0.5, 0.6) is 0 Å². The van der Waals surface area contributed by atoms with Crippen LogP contribution >= 0.6 is 0 Å². The van der Waals surface area contributed by atoms with E-state index in [4.69, 9.17) is 5.26 Å². The van der Waals surface area contributed by atoms with E-state index in [1.165, 1.54) is 5.69 Å². The molecule has 0 bridgehead atoms. The lowest BCUT2D eigenvalue weighted by Gasteiger charge is -2.32. The minimum absolute atomic E-state index is 0.567. The summed E-state index contributed by atoms with van der Waals surface area (Å²) < 4.78 is 0. The van der Waals surface area contributed by atoms with E-state index < -0.39 is 0 Å². The zero-order valence-electron chi connectivity index (χ0n) is 10.6. The van der Waals surface area contributed by atoms with E-state index in [2.05, 4.69) is 32.2 Å². The lowest BCUT2D eigenvalue weighted by Crippen LogP contribution is -2.33. The van der Waals surface area contributed by atoms with Crippen LogP contribution in [0.2, 0.25) is 0 Å². The zero-order valence-corrected chi connectivity index (χ0v) is 10.6. The molecular formula is C14H15N5. The molecule has 1 aliphatic rings. The Hall–Kier alpha value is -2.35. The highest BCUT2D eigenvalue weighted by molar-refractivity contribution is 5.42. The Morgan fingerprint density at radius 1 is 1.26 bits per heavy atom. The molecule has 5 nitrogen and oxygen atoms in total. The number of pyridine rings is 1. The molecule has 5 heteroatoms. The lowest BCUT2D eigenvalue weighted by molar-refractivity contribution is 0.493. The number of piperidine rings is 1. The van der Waals surface area contributed by atoms with Crippen LogP contribution in [0.15, 0.2) is 30.6 Å². The molecule has 2 aromatic rings. The first-order valence-corrected chi connectivity index (χ1v) is 6.47. The van der Waals surface area contributed by atoms with E-state index in [1.807, 2.05) is 18.3 Å². The maximum atomic E-state index is 8.77. The Bertz CT molecular complexity index is 559. The van der Waals surface area contributed by atoms with Gasteiger partial charge in [-0.3, -0.25) is 5.10 Å². The first-order valence-electron chi connectivity index (χ1n) is 6.47. The highest BCUT2D eigenvalue weighted by Crippen LogP contribution is 2.28. The molecule has 1 saturated heterocycles. The molecule has 96 valence electrons. The fourth-order valence-electron chi connectivity index (χ4n) is 2.55. The van der Waals surface area contributed by atoms with Gasteiger partial charge in [0.1, 0.15) is 11.9 Å². The van der Waals surface area contributed by atoms with Crippen molar-refractivity contribution in [3.63, 3.8) is 0 Å². The van der Waals surface area contributed by atoms with E-state index in [1.54, 1.807) is 6.20 Å². The number of anilines is 1. The van der Waals surface area contributed by atoms with Crippen LogP contribution in [0, 0.1) is 11.3 Å². The number of nitriles is 1. The third-order valence-electron chi connectivity index (χ3n) is 3.66. The number of hydrogen-bond acceptors (Lipinski definition) is 4. The number of hydrogen-bond donors (Lipinski definition) is 1. The first kappa shape index (κ1) is 11.7. The van der Waals surface area contributed by atoms with E-state index in [0.29, 0.717) is 11.5 Å². The van der Waals surface area contributed by atoms with Gasteiger partial charge in [0.05, 0.1) is 5.56 Å². The monoisotopic (exact) mass is 253 g/mol. The summed E-state index contributed by atoms with van der Waals surface area (Å²) in [5.74, 6) is 1.53. The van der Waals surface area contributed by atoms with Gasteiger partial charge in [-0.25, -0.2) is 4.98 Å². The van der Waals surface area contributed by atoms with Crippen molar-refractivity contribution in [2.24, 2.45) is 0 Å². The van der Waals surface area contributed by atoms with Gasteiger partial charge in [-0.15, -0.1) is 0 Å². The van der Waals surface area contributed by atoms with Gasteiger partial charge < -0.3 is 4.90 Å². The summed E-state index contributed by atoms with van der Waals surface area (Å²) in [6, 6.07) is 7.89. The van der Waals surface area contributed by atoms with Gasteiger partial charge in [-0.1, -0.05) is 0 Å². The van der Waals surface area contributed by atoms with Gasteiger partial charge >= 0.3 is 0 Å². The van der Waals surface area contributed by atoms with Crippen molar-refractivity contribution >= 4 is 5.82 Å². The molecule has 1 N–H and O–H groups in total. The van der Waals surface area contributed by atoms with Crippen molar-refractivity contribution in [2.45, 2.75) is 18.8 Å². The van der Waals surface area contributed by atoms with Crippen molar-refractivity contribution in [3.8, 4) is 6.07 Å². The minimum atomic E-state index is 0.567. The molecule has 0 radical (unpaired) electrons. The Kier molecular flexibility index (Phi) is 3.15. The second kappa shape index (κ2) is 5.11. The molecule has 0 unspecified atom stereocenters. The predicted molar refractivity (Wildman–Crippen MR) is 71.7 cm³/mol. The summed E-state index contributed by atoms with van der Waals surface area (Å²) in [4.78, 5) is 6.62. The van der Waals surface area contributed by atoms with Gasteiger partial charge in [0.2, 0.25) is 0 Å². The van der Waals surface area contributed by atoms with Crippen molar-refractivity contribution in [1.82, 2.24) is 15.2 Å². The predicted octanol–water partition coefficient (Wildman–Crippen LogP) is 2.06. The zero-order chi connectivity index (χ0) is 13.1. The van der Waals surface area contributed by atoms with Crippen LogP contribution in [-0.4, -0.2) is 28.3 Å². The normalized spacial score (nSPS) is 16.3. The van der Waals surface area contributed by atoms with E-state index in [-0.39, 0.29) is 0 Å². The van der Waals surface area contributed by atoms with Gasteiger partial charge in [0, 0.05) is 37.1 Å². The van der Waals surface area contributed by atoms with E-state index in [0.717, 1.165) is 31.7 Å². The molecule has 1 aliphatic heterocycles. The Morgan fingerprint density at radius 2 is 2.11 bits per heavy atom. The molecule has 3 rings (SSSR count). The van der Waals surface area contributed by atoms with Crippen molar-refractivity contribution < 1.29 is 0 Å². The second-order valence-electron chi connectivity index (χ2n) is 4.79. The quantitative estimate of drug-likeness (QED) is 0.889. The molecule has 19 heavy (non-hydrogen) atoms. The van der Waals surface area contributed by atoms with Crippen molar-refractivity contribution in [3.05, 3.63) is 41.9 Å². The highest BCUT2D eigenvalue weighted by Gasteiger charge is 2.22. The van der Waals surface area contributed by atoms with Gasteiger partial charge in [0.25, 0.3) is 0 Å². The summed E-state index contributed by atoms with van der Waals surface area (Å²) in [7, 11) is 0. The number of rotatable bonds is 2. The average Bonchev–Trinajstić information content (AvgIpc) is 3.02. The standard InChI is InChI=1S/C14H15N5/c15-9-11-1-2-14(16-10-11)19-7-4-12(5-8-19)13-3-6-17-18-13/h1-3,6,10,12H,4-5,7-8H2,(H,17,18). The highest BCUT2D eigenvalue weighted by atomic mass is 15.2. The van der Waals surface area contributed by atoms with E-state index in [9.17, 15) is 0 Å². The summed E-state index contributed by atoms with van der Waals surface area (Å²) >= 11 is 0. The molecule has 0 spiro atoms. The molecular weight excluding hydrogens is 238 g/mol. The van der Waals surface area contributed by atoms with Crippen LogP contribution in [-0.2, 0) is 0 Å². The van der Waals surface area contributed by atoms with Crippen molar-refractivity contribution in [2.75, 3.05) is 18.0 Å². The molecule has 1 fully saturated rings. The summed E-state index contributed by atoms with van der Waals surface area (Å²) in [6.45, 7) is 1.98. The molecule has 2 aromatic heterocycles. The SMILES string of the molecule is N#Cc1ccc(N2CCC(c3ccn[nH]3)CC2)nc1. The second-order valence-corrected chi connectivity index (χ2v) is 4.79. The van der Waals surface area contributed by atoms with Crippen LogP contribution in [0.4, 0.5) is 5.82 Å². The minimum Gasteiger partial charge on any atom is -0.357 e. The number of nitrogens with zero attached hydrogens (tertiary/aromatic N) is 4. The average molecular weight is 253 g/mol. The van der Waals surface area contributed by atoms with Crippen molar-refractivity contribution in [1.29, 1.82) is 5.26 Å². The Morgan fingerprint density at radius 3 is 2.68 bits per heavy atom. The summed E-state index contributed by atoms with van der Waals surface area (Å²) in [5, 5.41) is 15.8. The number of aromatic amines is 1. The summed E-state index contributed by atoms with van der Waals surface area (Å²) in [6.07, 6.45) is 5.65. The number of aromatic nitrogens is 3. The maximum Gasteiger partial charge on any atom is 0.128 e. The Labute approximate surface area is 111 Å². The largest absolute Gasteiger partial charge is 0.357 e. The molecule has 0 amide bonds. The maximum absolute atomic E-state index is 8.77. The number of nitrogens with one attached hydrogen (secondary N) is 1. The topological polar surface area (TPSA) is 68.6 Å². The third-order valence-corrected chi connectivity index (χ3v) is 3.66. The van der Waals surface area contributed by atoms with Crippen LogP contribution < -0.4 is 4.90 Å². The molecule has 0 aliphatic carbocycles. The third kappa shape index (κ3) is 2.43. The summed E-state index contributed by atoms with van der Waals surface area (Å²) in [5.41, 5.74) is 1.84. The van der Waals surface area contributed by atoms with Gasteiger partial charge in [-0.2, -0.15) is 10.4 Å².